The highest BCUT2D eigenvalue weighted by molar-refractivity contribution is 9.10. The monoisotopic (exact) mass is 356 g/mol. The SMILES string of the molecule is O=C(O)c1cc(SCc2cccc(Cl)c2)ccc1Br. The fourth-order valence-corrected chi connectivity index (χ4v) is 3.06. The lowest BCUT2D eigenvalue weighted by molar-refractivity contribution is 0.0695. The molecule has 0 amide bonds. The van der Waals surface area contributed by atoms with Gasteiger partial charge in [-0.15, -0.1) is 11.8 Å². The van der Waals surface area contributed by atoms with Gasteiger partial charge in [-0.2, -0.15) is 0 Å². The largest absolute Gasteiger partial charge is 0.478 e. The van der Waals surface area contributed by atoms with E-state index < -0.39 is 5.97 Å². The highest BCUT2D eigenvalue weighted by Gasteiger charge is 2.09. The molecule has 0 spiro atoms. The molecule has 98 valence electrons. The molecule has 5 heteroatoms. The van der Waals surface area contributed by atoms with Gasteiger partial charge in [-0.3, -0.25) is 0 Å². The summed E-state index contributed by atoms with van der Waals surface area (Å²) in [5.74, 6) is -0.182. The first-order valence-corrected chi connectivity index (χ1v) is 7.62. The van der Waals surface area contributed by atoms with Crippen molar-refractivity contribution in [2.24, 2.45) is 0 Å². The van der Waals surface area contributed by atoms with Crippen LogP contribution in [0.4, 0.5) is 0 Å². The predicted octanol–water partition coefficient (Wildman–Crippen LogP) is 5.09. The number of halogens is 2. The van der Waals surface area contributed by atoms with E-state index >= 15 is 0 Å². The van der Waals surface area contributed by atoms with E-state index in [0.717, 1.165) is 16.2 Å². The molecular formula is C14H10BrClO2S. The first-order chi connectivity index (χ1) is 9.06. The van der Waals surface area contributed by atoms with Crippen LogP contribution in [0, 0.1) is 0 Å². The van der Waals surface area contributed by atoms with E-state index in [4.69, 9.17) is 16.7 Å². The molecule has 2 aromatic carbocycles. The van der Waals surface area contributed by atoms with Gasteiger partial charge in [0.25, 0.3) is 0 Å². The molecule has 0 aliphatic carbocycles. The molecule has 0 atom stereocenters. The second-order valence-corrected chi connectivity index (χ2v) is 6.20. The molecule has 0 aromatic heterocycles. The lowest BCUT2D eigenvalue weighted by Crippen LogP contribution is -1.97. The molecule has 0 saturated carbocycles. The van der Waals surface area contributed by atoms with E-state index in [-0.39, 0.29) is 5.56 Å². The highest BCUT2D eigenvalue weighted by atomic mass is 79.9. The Hall–Kier alpha value is -0.970. The summed E-state index contributed by atoms with van der Waals surface area (Å²) in [7, 11) is 0. The van der Waals surface area contributed by atoms with Crippen molar-refractivity contribution in [3.05, 3.63) is 63.1 Å². The molecule has 2 nitrogen and oxygen atoms in total. The molecule has 1 N–H and O–H groups in total. The van der Waals surface area contributed by atoms with Gasteiger partial charge in [0.1, 0.15) is 0 Å². The molecule has 0 radical (unpaired) electrons. The van der Waals surface area contributed by atoms with Crippen LogP contribution in [0.2, 0.25) is 5.02 Å². The Labute approximate surface area is 128 Å². The number of thioether (sulfide) groups is 1. The molecule has 0 heterocycles. The van der Waals surface area contributed by atoms with Crippen LogP contribution in [0.15, 0.2) is 51.8 Å². The smallest absolute Gasteiger partial charge is 0.336 e. The summed E-state index contributed by atoms with van der Waals surface area (Å²) < 4.78 is 0.590. The van der Waals surface area contributed by atoms with Crippen LogP contribution in [0.3, 0.4) is 0 Å². The lowest BCUT2D eigenvalue weighted by Gasteiger charge is -2.05. The van der Waals surface area contributed by atoms with Crippen LogP contribution < -0.4 is 0 Å². The normalized spacial score (nSPS) is 10.4. The van der Waals surface area contributed by atoms with E-state index in [1.807, 2.05) is 30.3 Å². The van der Waals surface area contributed by atoms with Crippen LogP contribution in [0.5, 0.6) is 0 Å². The van der Waals surface area contributed by atoms with Crippen molar-refractivity contribution in [2.45, 2.75) is 10.6 Å². The maximum atomic E-state index is 11.0. The number of aromatic carboxylic acids is 1. The zero-order chi connectivity index (χ0) is 13.8. The maximum absolute atomic E-state index is 11.0. The van der Waals surface area contributed by atoms with Crippen LogP contribution in [0.1, 0.15) is 15.9 Å². The number of hydrogen-bond donors (Lipinski definition) is 1. The Morgan fingerprint density at radius 1 is 1.26 bits per heavy atom. The molecule has 19 heavy (non-hydrogen) atoms. The third-order valence-corrected chi connectivity index (χ3v) is 4.45. The van der Waals surface area contributed by atoms with Crippen molar-refractivity contribution < 1.29 is 9.90 Å². The van der Waals surface area contributed by atoms with Crippen LogP contribution in [-0.2, 0) is 5.75 Å². The summed E-state index contributed by atoms with van der Waals surface area (Å²) in [6.45, 7) is 0. The quantitative estimate of drug-likeness (QED) is 0.774. The van der Waals surface area contributed by atoms with Crippen molar-refractivity contribution in [1.29, 1.82) is 0 Å². The van der Waals surface area contributed by atoms with E-state index in [1.54, 1.807) is 23.9 Å². The minimum Gasteiger partial charge on any atom is -0.478 e. The van der Waals surface area contributed by atoms with Gasteiger partial charge in [0.15, 0.2) is 0 Å². The van der Waals surface area contributed by atoms with Crippen molar-refractivity contribution in [1.82, 2.24) is 0 Å². The lowest BCUT2D eigenvalue weighted by atomic mass is 10.2. The van der Waals surface area contributed by atoms with Gasteiger partial charge in [0.05, 0.1) is 5.56 Å². The van der Waals surface area contributed by atoms with Gasteiger partial charge in [-0.05, 0) is 51.8 Å². The van der Waals surface area contributed by atoms with E-state index in [1.165, 1.54) is 0 Å². The fourth-order valence-electron chi connectivity index (χ4n) is 1.55. The van der Waals surface area contributed by atoms with Crippen LogP contribution in [-0.4, -0.2) is 11.1 Å². The highest BCUT2D eigenvalue weighted by Crippen LogP contribution is 2.28. The summed E-state index contributed by atoms with van der Waals surface area (Å²) in [6.07, 6.45) is 0. The Kier molecular flexibility index (Phi) is 4.91. The molecule has 0 unspecified atom stereocenters. The molecule has 2 aromatic rings. The standard InChI is InChI=1S/C14H10BrClO2S/c15-13-5-4-11(7-12(13)14(17)18)19-8-9-2-1-3-10(16)6-9/h1-7H,8H2,(H,17,18). The van der Waals surface area contributed by atoms with Crippen molar-refractivity contribution in [2.75, 3.05) is 0 Å². The number of benzene rings is 2. The third-order valence-electron chi connectivity index (χ3n) is 2.46. The molecule has 0 aliphatic heterocycles. The average molecular weight is 358 g/mol. The Morgan fingerprint density at radius 2 is 2.05 bits per heavy atom. The number of hydrogen-bond acceptors (Lipinski definition) is 2. The Bertz CT molecular complexity index is 616. The number of carbonyl (C=O) groups is 1. The number of rotatable bonds is 4. The van der Waals surface area contributed by atoms with Gasteiger partial charge in [-0.1, -0.05) is 23.7 Å². The zero-order valence-corrected chi connectivity index (χ0v) is 12.9. The third kappa shape index (κ3) is 4.00. The summed E-state index contributed by atoms with van der Waals surface area (Å²) in [5.41, 5.74) is 1.38. The van der Waals surface area contributed by atoms with E-state index in [0.29, 0.717) is 9.50 Å². The number of carboxylic acids is 1. The second-order valence-electron chi connectivity index (χ2n) is 3.87. The minimum absolute atomic E-state index is 0.274. The van der Waals surface area contributed by atoms with E-state index in [9.17, 15) is 4.79 Å². The Balaban J connectivity index is 2.12. The summed E-state index contributed by atoms with van der Waals surface area (Å²) in [6, 6.07) is 13.0. The first-order valence-electron chi connectivity index (χ1n) is 5.46. The van der Waals surface area contributed by atoms with E-state index in [2.05, 4.69) is 15.9 Å². The van der Waals surface area contributed by atoms with Gasteiger partial charge >= 0.3 is 5.97 Å². The Morgan fingerprint density at radius 3 is 2.74 bits per heavy atom. The van der Waals surface area contributed by atoms with Crippen molar-refractivity contribution in [3.8, 4) is 0 Å². The van der Waals surface area contributed by atoms with Gasteiger partial charge in [0.2, 0.25) is 0 Å². The predicted molar refractivity (Wildman–Crippen MR) is 82.1 cm³/mol. The fraction of sp³-hybridized carbons (Fsp3) is 0.0714. The van der Waals surface area contributed by atoms with Gasteiger partial charge in [0, 0.05) is 20.1 Å². The van der Waals surface area contributed by atoms with Crippen molar-refractivity contribution in [3.63, 3.8) is 0 Å². The molecule has 0 aliphatic rings. The average Bonchev–Trinajstić information content (AvgIpc) is 2.37. The molecule has 0 fully saturated rings. The minimum atomic E-state index is -0.933. The van der Waals surface area contributed by atoms with Crippen LogP contribution >= 0.6 is 39.3 Å². The van der Waals surface area contributed by atoms with Crippen molar-refractivity contribution >= 4 is 45.3 Å². The molecule has 0 saturated heterocycles. The number of carboxylic acid groups (broad SMARTS) is 1. The summed E-state index contributed by atoms with van der Waals surface area (Å²) in [4.78, 5) is 12.0. The van der Waals surface area contributed by atoms with Gasteiger partial charge < -0.3 is 5.11 Å². The molecule has 2 rings (SSSR count). The first kappa shape index (κ1) is 14.4. The van der Waals surface area contributed by atoms with Crippen LogP contribution in [0.25, 0.3) is 0 Å². The zero-order valence-electron chi connectivity index (χ0n) is 9.77. The summed E-state index contributed by atoms with van der Waals surface area (Å²) in [5, 5.41) is 9.76. The second kappa shape index (κ2) is 6.46. The maximum Gasteiger partial charge on any atom is 0.336 e. The van der Waals surface area contributed by atoms with Gasteiger partial charge in [-0.25, -0.2) is 4.79 Å². The molecular weight excluding hydrogens is 348 g/mol. The molecule has 0 bridgehead atoms. The summed E-state index contributed by atoms with van der Waals surface area (Å²) >= 11 is 10.7. The topological polar surface area (TPSA) is 37.3 Å².